The van der Waals surface area contributed by atoms with Crippen molar-refractivity contribution in [3.63, 3.8) is 0 Å². The Morgan fingerprint density at radius 1 is 1.00 bits per heavy atom. The Bertz CT molecular complexity index is 1480. The number of hydrogen-bond donors (Lipinski definition) is 0. The number of aromatic nitrogens is 3. The number of nitrogens with zero attached hydrogens (tertiary/aromatic N) is 3. The first-order valence-corrected chi connectivity index (χ1v) is 12.2. The number of fused-ring (bicyclic) bond motifs is 1. The lowest BCUT2D eigenvalue weighted by atomic mass is 10.1. The summed E-state index contributed by atoms with van der Waals surface area (Å²) in [5.74, 6) is 1.98. The fourth-order valence-electron chi connectivity index (χ4n) is 3.57. The molecule has 8 nitrogen and oxygen atoms in total. The van der Waals surface area contributed by atoms with Gasteiger partial charge in [-0.15, -0.1) is 0 Å². The van der Waals surface area contributed by atoms with Gasteiger partial charge < -0.3 is 14.2 Å². The first kappa shape index (κ1) is 24.4. The molecule has 0 N–H and O–H groups in total. The second kappa shape index (κ2) is 11.1. The van der Waals surface area contributed by atoms with Crippen LogP contribution in [-0.2, 0) is 6.42 Å². The van der Waals surface area contributed by atoms with Gasteiger partial charge in [-0.2, -0.15) is 14.6 Å². The average molecular weight is 494 g/mol. The fourth-order valence-corrected chi connectivity index (χ4v) is 4.47. The van der Waals surface area contributed by atoms with Gasteiger partial charge in [0.1, 0.15) is 11.4 Å². The highest BCUT2D eigenvalue weighted by atomic mass is 32.1. The van der Waals surface area contributed by atoms with Crippen molar-refractivity contribution < 1.29 is 14.2 Å². The van der Waals surface area contributed by atoms with Crippen molar-refractivity contribution in [3.8, 4) is 17.2 Å². The summed E-state index contributed by atoms with van der Waals surface area (Å²) in [6.45, 7) is 2.77. The van der Waals surface area contributed by atoms with E-state index < -0.39 is 5.56 Å². The van der Waals surface area contributed by atoms with Crippen molar-refractivity contribution in [1.82, 2.24) is 14.6 Å². The summed E-state index contributed by atoms with van der Waals surface area (Å²) in [7, 11) is 3.18. The van der Waals surface area contributed by atoms with Crippen LogP contribution in [-0.4, -0.2) is 35.4 Å². The predicted octanol–water partition coefficient (Wildman–Crippen LogP) is 3.24. The Hall–Kier alpha value is -3.72. The van der Waals surface area contributed by atoms with E-state index in [2.05, 4.69) is 17.0 Å². The Balaban J connectivity index is 1.63. The molecule has 2 aromatic heterocycles. The number of benzene rings is 2. The van der Waals surface area contributed by atoms with Gasteiger partial charge in [0.05, 0.1) is 25.4 Å². The van der Waals surface area contributed by atoms with Crippen LogP contribution in [0.15, 0.2) is 52.1 Å². The van der Waals surface area contributed by atoms with E-state index >= 15 is 0 Å². The van der Waals surface area contributed by atoms with Crippen molar-refractivity contribution in [2.75, 3.05) is 20.8 Å². The smallest absolute Gasteiger partial charge is 0.296 e. The van der Waals surface area contributed by atoms with Crippen LogP contribution in [0.3, 0.4) is 0 Å². The molecule has 0 spiro atoms. The van der Waals surface area contributed by atoms with Crippen LogP contribution in [0.25, 0.3) is 11.0 Å². The number of unbranched alkanes of at least 4 members (excludes halogenated alkanes) is 2. The maximum absolute atomic E-state index is 13.0. The Morgan fingerprint density at radius 3 is 2.51 bits per heavy atom. The summed E-state index contributed by atoms with van der Waals surface area (Å²) in [6.07, 6.45) is 5.22. The van der Waals surface area contributed by atoms with E-state index in [1.165, 1.54) is 4.52 Å². The van der Waals surface area contributed by atoms with E-state index in [-0.39, 0.29) is 22.6 Å². The summed E-state index contributed by atoms with van der Waals surface area (Å²) < 4.78 is 18.1. The van der Waals surface area contributed by atoms with Crippen molar-refractivity contribution in [3.05, 3.63) is 84.5 Å². The highest BCUT2D eigenvalue weighted by molar-refractivity contribution is 7.15. The maximum atomic E-state index is 13.0. The molecule has 0 amide bonds. The van der Waals surface area contributed by atoms with Gasteiger partial charge in [-0.3, -0.25) is 9.59 Å². The van der Waals surface area contributed by atoms with Gasteiger partial charge in [-0.1, -0.05) is 49.3 Å². The Kier molecular flexibility index (Phi) is 7.77. The molecule has 0 unspecified atom stereocenters. The molecule has 0 bridgehead atoms. The van der Waals surface area contributed by atoms with Crippen LogP contribution in [0.1, 0.15) is 43.0 Å². The molecule has 4 rings (SSSR count). The maximum Gasteiger partial charge on any atom is 0.296 e. The molecule has 0 saturated carbocycles. The van der Waals surface area contributed by atoms with Crippen molar-refractivity contribution >= 4 is 22.4 Å². The topological polar surface area (TPSA) is 92.0 Å². The molecule has 35 heavy (non-hydrogen) atoms. The van der Waals surface area contributed by atoms with Gasteiger partial charge in [0, 0.05) is 6.42 Å². The SMILES string of the molecule is CCCCCOc1ccc(C=c2sc3nc(=O)c(Cc4ccc(OC)cc4)nn3c2=O)cc1OC. The molecule has 2 heterocycles. The molecule has 0 aliphatic heterocycles. The van der Waals surface area contributed by atoms with Gasteiger partial charge in [-0.05, 0) is 47.9 Å². The molecule has 0 atom stereocenters. The van der Waals surface area contributed by atoms with Crippen LogP contribution >= 0.6 is 11.3 Å². The van der Waals surface area contributed by atoms with E-state index in [4.69, 9.17) is 14.2 Å². The largest absolute Gasteiger partial charge is 0.497 e. The summed E-state index contributed by atoms with van der Waals surface area (Å²) in [5, 5.41) is 4.31. The number of methoxy groups -OCH3 is 2. The Morgan fingerprint density at radius 2 is 1.80 bits per heavy atom. The molecular formula is C26H27N3O5S. The predicted molar refractivity (Wildman–Crippen MR) is 136 cm³/mol. The second-order valence-electron chi connectivity index (χ2n) is 7.96. The van der Waals surface area contributed by atoms with Gasteiger partial charge in [0.25, 0.3) is 11.1 Å². The quantitative estimate of drug-likeness (QED) is 0.313. The van der Waals surface area contributed by atoms with Gasteiger partial charge >= 0.3 is 0 Å². The molecule has 0 aliphatic rings. The zero-order chi connectivity index (χ0) is 24.8. The minimum Gasteiger partial charge on any atom is -0.497 e. The third-order valence-corrected chi connectivity index (χ3v) is 6.43. The molecule has 9 heteroatoms. The van der Waals surface area contributed by atoms with E-state index in [1.54, 1.807) is 20.3 Å². The minimum atomic E-state index is -0.445. The van der Waals surface area contributed by atoms with Crippen molar-refractivity contribution in [1.29, 1.82) is 0 Å². The van der Waals surface area contributed by atoms with E-state index in [0.717, 1.165) is 47.5 Å². The summed E-state index contributed by atoms with van der Waals surface area (Å²) in [6, 6.07) is 12.8. The van der Waals surface area contributed by atoms with Crippen LogP contribution in [0.4, 0.5) is 0 Å². The Labute approximate surface area is 206 Å². The van der Waals surface area contributed by atoms with Crippen molar-refractivity contribution in [2.24, 2.45) is 0 Å². The van der Waals surface area contributed by atoms with E-state index in [0.29, 0.717) is 22.6 Å². The molecule has 0 fully saturated rings. The standard InChI is InChI=1S/C26H27N3O5S/c1-4-5-6-13-34-21-12-9-18(15-22(21)33-3)16-23-25(31)29-26(35-23)27-24(30)20(28-29)14-17-7-10-19(32-2)11-8-17/h7-12,15-16H,4-6,13-14H2,1-3H3. The average Bonchev–Trinajstić information content (AvgIpc) is 3.16. The summed E-state index contributed by atoms with van der Waals surface area (Å²) in [5.41, 5.74) is 1.08. The minimum absolute atomic E-state index is 0.209. The highest BCUT2D eigenvalue weighted by Crippen LogP contribution is 2.28. The zero-order valence-corrected chi connectivity index (χ0v) is 20.8. The number of rotatable bonds is 10. The number of ether oxygens (including phenoxy) is 3. The molecule has 0 aliphatic carbocycles. The van der Waals surface area contributed by atoms with Gasteiger partial charge in [-0.25, -0.2) is 0 Å². The molecular weight excluding hydrogens is 466 g/mol. The molecule has 0 radical (unpaired) electrons. The fraction of sp³-hybridized carbons (Fsp3) is 0.308. The molecule has 4 aromatic rings. The van der Waals surface area contributed by atoms with Gasteiger partial charge in [0.15, 0.2) is 11.5 Å². The lowest BCUT2D eigenvalue weighted by Crippen LogP contribution is -2.28. The van der Waals surface area contributed by atoms with Crippen LogP contribution < -0.4 is 29.9 Å². The van der Waals surface area contributed by atoms with E-state index in [1.807, 2.05) is 42.5 Å². The zero-order valence-electron chi connectivity index (χ0n) is 19.9. The lowest BCUT2D eigenvalue weighted by molar-refractivity contribution is 0.286. The number of thiazole rings is 1. The molecule has 182 valence electrons. The third kappa shape index (κ3) is 5.68. The lowest BCUT2D eigenvalue weighted by Gasteiger charge is -2.11. The summed E-state index contributed by atoms with van der Waals surface area (Å²) in [4.78, 5) is 29.9. The molecule has 0 saturated heterocycles. The first-order valence-electron chi connectivity index (χ1n) is 11.4. The second-order valence-corrected chi connectivity index (χ2v) is 8.97. The van der Waals surface area contributed by atoms with Crippen molar-refractivity contribution in [2.45, 2.75) is 32.6 Å². The normalized spacial score (nSPS) is 11.7. The highest BCUT2D eigenvalue weighted by Gasteiger charge is 2.12. The van der Waals surface area contributed by atoms with Crippen LogP contribution in [0.2, 0.25) is 0 Å². The van der Waals surface area contributed by atoms with E-state index in [9.17, 15) is 9.59 Å². The summed E-state index contributed by atoms with van der Waals surface area (Å²) >= 11 is 1.12. The van der Waals surface area contributed by atoms with Crippen LogP contribution in [0.5, 0.6) is 17.2 Å². The monoisotopic (exact) mass is 493 g/mol. The number of hydrogen-bond acceptors (Lipinski definition) is 8. The van der Waals surface area contributed by atoms with Gasteiger partial charge in [0.2, 0.25) is 4.96 Å². The third-order valence-electron chi connectivity index (χ3n) is 5.47. The van der Waals surface area contributed by atoms with Crippen LogP contribution in [0, 0.1) is 0 Å². The molecule has 2 aromatic carbocycles. The first-order chi connectivity index (χ1) is 17.0.